The van der Waals surface area contributed by atoms with Crippen molar-refractivity contribution in [1.82, 2.24) is 4.90 Å². The number of benzene rings is 1. The van der Waals surface area contributed by atoms with Crippen LogP contribution in [-0.4, -0.2) is 45.1 Å². The van der Waals surface area contributed by atoms with E-state index in [1.54, 1.807) is 11.0 Å². The van der Waals surface area contributed by atoms with E-state index in [1.165, 1.54) is 4.31 Å². The van der Waals surface area contributed by atoms with Crippen molar-refractivity contribution in [2.75, 3.05) is 30.2 Å². The smallest absolute Gasteiger partial charge is 0.243 e. The maximum atomic E-state index is 12.6. The van der Waals surface area contributed by atoms with Crippen molar-refractivity contribution in [3.8, 4) is 0 Å². The first kappa shape index (κ1) is 17.8. The zero-order chi connectivity index (χ0) is 17.2. The van der Waals surface area contributed by atoms with Gasteiger partial charge < -0.3 is 4.90 Å². The Balaban J connectivity index is 2.27. The normalized spacial score (nSPS) is 18.8. The fourth-order valence-corrected chi connectivity index (χ4v) is 3.93. The average molecular weight is 338 g/mol. The van der Waals surface area contributed by atoms with Crippen molar-refractivity contribution in [1.29, 1.82) is 0 Å². The number of carbonyl (C=O) groups is 1. The molecule has 0 aliphatic carbocycles. The predicted octanol–water partition coefficient (Wildman–Crippen LogP) is 2.33. The van der Waals surface area contributed by atoms with Gasteiger partial charge in [-0.25, -0.2) is 8.42 Å². The van der Waals surface area contributed by atoms with Gasteiger partial charge in [0.05, 0.1) is 11.9 Å². The number of piperidine rings is 1. The molecule has 1 saturated heterocycles. The summed E-state index contributed by atoms with van der Waals surface area (Å²) in [7, 11) is -3.52. The lowest BCUT2D eigenvalue weighted by Gasteiger charge is -2.33. The molecular weight excluding hydrogens is 312 g/mol. The monoisotopic (exact) mass is 338 g/mol. The maximum absolute atomic E-state index is 12.6. The van der Waals surface area contributed by atoms with Crippen molar-refractivity contribution in [2.24, 2.45) is 5.92 Å². The van der Waals surface area contributed by atoms with Crippen LogP contribution in [0.15, 0.2) is 18.2 Å². The molecule has 6 heteroatoms. The van der Waals surface area contributed by atoms with Gasteiger partial charge in [0.1, 0.15) is 6.54 Å². The fraction of sp³-hybridized carbons (Fsp3) is 0.588. The summed E-state index contributed by atoms with van der Waals surface area (Å²) in [6.07, 6.45) is 3.26. The number of rotatable bonds is 4. The Labute approximate surface area is 139 Å². The van der Waals surface area contributed by atoms with E-state index < -0.39 is 10.0 Å². The molecule has 2 rings (SSSR count). The minimum atomic E-state index is -3.52. The van der Waals surface area contributed by atoms with Crippen LogP contribution in [0.4, 0.5) is 5.69 Å². The number of likely N-dealkylation sites (tertiary alicyclic amines) is 1. The topological polar surface area (TPSA) is 57.7 Å². The minimum absolute atomic E-state index is 0.122. The van der Waals surface area contributed by atoms with E-state index in [4.69, 9.17) is 0 Å². The van der Waals surface area contributed by atoms with Gasteiger partial charge in [-0.2, -0.15) is 0 Å². The number of sulfonamides is 1. The third kappa shape index (κ3) is 4.25. The molecule has 128 valence electrons. The van der Waals surface area contributed by atoms with Gasteiger partial charge in [-0.05, 0) is 49.8 Å². The number of hydrogen-bond acceptors (Lipinski definition) is 3. The lowest BCUT2D eigenvalue weighted by Crippen LogP contribution is -2.46. The van der Waals surface area contributed by atoms with Crippen LogP contribution in [0, 0.1) is 19.8 Å². The quantitative estimate of drug-likeness (QED) is 0.846. The third-order valence-corrected chi connectivity index (χ3v) is 5.66. The zero-order valence-electron chi connectivity index (χ0n) is 14.4. The maximum Gasteiger partial charge on any atom is 0.243 e. The molecule has 1 amide bonds. The van der Waals surface area contributed by atoms with Gasteiger partial charge in [-0.15, -0.1) is 0 Å². The second-order valence-corrected chi connectivity index (χ2v) is 8.48. The van der Waals surface area contributed by atoms with E-state index in [0.717, 1.165) is 30.2 Å². The molecule has 0 saturated carbocycles. The summed E-state index contributed by atoms with van der Waals surface area (Å²) in [6, 6.07) is 5.52. The summed E-state index contributed by atoms with van der Waals surface area (Å²) in [5.41, 5.74) is 2.49. The Bertz CT molecular complexity index is 685. The van der Waals surface area contributed by atoms with E-state index in [-0.39, 0.29) is 12.5 Å². The Kier molecular flexibility index (Phi) is 5.34. The Morgan fingerprint density at radius 2 is 2.04 bits per heavy atom. The number of amides is 1. The molecule has 1 aliphatic rings. The molecular formula is C17H26N2O3S. The summed E-state index contributed by atoms with van der Waals surface area (Å²) in [4.78, 5) is 14.4. The van der Waals surface area contributed by atoms with Crippen molar-refractivity contribution >= 4 is 21.6 Å². The molecule has 0 spiro atoms. The van der Waals surface area contributed by atoms with E-state index in [2.05, 4.69) is 6.92 Å². The predicted molar refractivity (Wildman–Crippen MR) is 93.1 cm³/mol. The lowest BCUT2D eigenvalue weighted by atomic mass is 10.0. The molecule has 0 N–H and O–H groups in total. The molecule has 0 aromatic heterocycles. The van der Waals surface area contributed by atoms with Gasteiger partial charge in [-0.3, -0.25) is 9.10 Å². The van der Waals surface area contributed by atoms with Crippen molar-refractivity contribution in [3.05, 3.63) is 29.3 Å². The van der Waals surface area contributed by atoms with Crippen LogP contribution in [0.2, 0.25) is 0 Å². The molecule has 1 aliphatic heterocycles. The van der Waals surface area contributed by atoms with Crippen LogP contribution in [0.5, 0.6) is 0 Å². The number of carbonyl (C=O) groups excluding carboxylic acids is 1. The molecule has 1 heterocycles. The van der Waals surface area contributed by atoms with Crippen LogP contribution in [0.3, 0.4) is 0 Å². The summed E-state index contributed by atoms with van der Waals surface area (Å²) in [5, 5.41) is 0. The first-order chi connectivity index (χ1) is 10.7. The van der Waals surface area contributed by atoms with Crippen LogP contribution < -0.4 is 4.31 Å². The summed E-state index contributed by atoms with van der Waals surface area (Å²) in [5.74, 6) is 0.350. The first-order valence-electron chi connectivity index (χ1n) is 8.02. The Morgan fingerprint density at radius 1 is 1.35 bits per heavy atom. The van der Waals surface area contributed by atoms with Crippen molar-refractivity contribution < 1.29 is 13.2 Å². The van der Waals surface area contributed by atoms with Crippen LogP contribution in [0.25, 0.3) is 0 Å². The molecule has 1 aromatic carbocycles. The molecule has 5 nitrogen and oxygen atoms in total. The SMILES string of the molecule is Cc1cccc(N(CC(=O)N2CCC[C@H](C)C2)S(C)(=O)=O)c1C. The average Bonchev–Trinajstić information content (AvgIpc) is 2.46. The number of hydrogen-bond donors (Lipinski definition) is 0. The van der Waals surface area contributed by atoms with Crippen LogP contribution >= 0.6 is 0 Å². The highest BCUT2D eigenvalue weighted by atomic mass is 32.2. The van der Waals surface area contributed by atoms with Crippen LogP contribution in [0.1, 0.15) is 30.9 Å². The van der Waals surface area contributed by atoms with Crippen molar-refractivity contribution in [3.63, 3.8) is 0 Å². The molecule has 0 unspecified atom stereocenters. The highest BCUT2D eigenvalue weighted by Gasteiger charge is 2.27. The van der Waals surface area contributed by atoms with Gasteiger partial charge in [0.2, 0.25) is 15.9 Å². The number of nitrogens with zero attached hydrogens (tertiary/aromatic N) is 2. The van der Waals surface area contributed by atoms with Gasteiger partial charge in [0.25, 0.3) is 0 Å². The van der Waals surface area contributed by atoms with Gasteiger partial charge in [-0.1, -0.05) is 19.1 Å². The lowest BCUT2D eigenvalue weighted by molar-refractivity contribution is -0.131. The zero-order valence-corrected chi connectivity index (χ0v) is 15.2. The summed E-state index contributed by atoms with van der Waals surface area (Å²) >= 11 is 0. The second kappa shape index (κ2) is 6.91. The van der Waals surface area contributed by atoms with Gasteiger partial charge >= 0.3 is 0 Å². The standard InChI is InChI=1S/C17H26N2O3S/c1-13-7-6-10-18(11-13)17(20)12-19(23(4,21)22)16-9-5-8-14(2)15(16)3/h5,8-9,13H,6-7,10-12H2,1-4H3/t13-/m0/s1. The van der Waals surface area contributed by atoms with E-state index in [9.17, 15) is 13.2 Å². The molecule has 23 heavy (non-hydrogen) atoms. The number of anilines is 1. The van der Waals surface area contributed by atoms with Crippen LogP contribution in [-0.2, 0) is 14.8 Å². The molecule has 0 radical (unpaired) electrons. The van der Waals surface area contributed by atoms with E-state index in [1.807, 2.05) is 26.0 Å². The third-order valence-electron chi connectivity index (χ3n) is 4.53. The molecule has 1 fully saturated rings. The molecule has 1 aromatic rings. The number of aryl methyl sites for hydroxylation is 1. The first-order valence-corrected chi connectivity index (χ1v) is 9.86. The molecule has 1 atom stereocenters. The van der Waals surface area contributed by atoms with Gasteiger partial charge in [0.15, 0.2) is 0 Å². The van der Waals surface area contributed by atoms with Crippen molar-refractivity contribution in [2.45, 2.75) is 33.6 Å². The van der Waals surface area contributed by atoms with E-state index in [0.29, 0.717) is 24.7 Å². The summed E-state index contributed by atoms with van der Waals surface area (Å²) in [6.45, 7) is 7.24. The largest absolute Gasteiger partial charge is 0.341 e. The second-order valence-electron chi connectivity index (χ2n) is 6.58. The van der Waals surface area contributed by atoms with Gasteiger partial charge in [0, 0.05) is 13.1 Å². The highest BCUT2D eigenvalue weighted by molar-refractivity contribution is 7.92. The fourth-order valence-electron chi connectivity index (χ4n) is 3.03. The minimum Gasteiger partial charge on any atom is -0.341 e. The molecule has 0 bridgehead atoms. The Morgan fingerprint density at radius 3 is 2.65 bits per heavy atom. The summed E-state index contributed by atoms with van der Waals surface area (Å²) < 4.78 is 25.7. The van der Waals surface area contributed by atoms with E-state index >= 15 is 0 Å². The Hall–Kier alpha value is -1.56. The highest BCUT2D eigenvalue weighted by Crippen LogP contribution is 2.25.